The van der Waals surface area contributed by atoms with Crippen LogP contribution in [0, 0.1) is 5.92 Å². The van der Waals surface area contributed by atoms with E-state index in [0.29, 0.717) is 77.3 Å². The van der Waals surface area contributed by atoms with Crippen LogP contribution in [0.3, 0.4) is 0 Å². The first-order chi connectivity index (χ1) is 58.4. The second-order valence-corrected chi connectivity index (χ2v) is 36.6. The van der Waals surface area contributed by atoms with Gasteiger partial charge in [0, 0.05) is 124 Å². The van der Waals surface area contributed by atoms with Gasteiger partial charge in [0.05, 0.1) is 61.4 Å². The van der Waals surface area contributed by atoms with Crippen molar-refractivity contribution in [1.82, 2.24) is 78.0 Å². The summed E-state index contributed by atoms with van der Waals surface area (Å²) in [5, 5.41) is 28.5. The van der Waals surface area contributed by atoms with E-state index < -0.39 is 32.0 Å². The Kier molecular flexibility index (Phi) is 53.6. The average Bonchev–Trinajstić information content (AvgIpc) is 1.68. The van der Waals surface area contributed by atoms with E-state index in [1.165, 1.54) is 180 Å². The number of imidazole rings is 1. The van der Waals surface area contributed by atoms with E-state index in [9.17, 15) is 43.9 Å². The molecule has 0 amide bonds. The maximum Gasteiger partial charge on any atom is 0.504 e. The number of aryl methyl sites for hydroxylation is 2. The molecule has 10 saturated carbocycles. The van der Waals surface area contributed by atoms with Crippen molar-refractivity contribution >= 4 is 99.3 Å². The van der Waals surface area contributed by atoms with Gasteiger partial charge in [-0.25, -0.2) is 13.8 Å². The molecule has 16 N–H and O–H groups in total. The van der Waals surface area contributed by atoms with Gasteiger partial charge in [-0.1, -0.05) is 0 Å². The Labute approximate surface area is 810 Å². The van der Waals surface area contributed by atoms with Crippen molar-refractivity contribution in [1.29, 1.82) is 0 Å². The van der Waals surface area contributed by atoms with E-state index in [4.69, 9.17) is 45.9 Å². The predicted octanol–water partition coefficient (Wildman–Crippen LogP) is 20.3. The zero-order valence-corrected chi connectivity index (χ0v) is 81.4. The number of alkyl halides is 10. The third-order valence-corrected chi connectivity index (χ3v) is 26.6. The largest absolute Gasteiger partial charge is 0.504 e. The molecule has 0 aromatic carbocycles. The van der Waals surface area contributed by atoms with Crippen molar-refractivity contribution in [2.45, 2.75) is 391 Å². The number of halogens is 18. The topological polar surface area (TPSA) is 351 Å². The molecule has 8 aromatic heterocycles. The molecule has 42 heteroatoms. The van der Waals surface area contributed by atoms with Crippen LogP contribution in [-0.4, -0.2) is 139 Å². The number of aromatic nitrogens is 16. The van der Waals surface area contributed by atoms with Crippen molar-refractivity contribution in [3.63, 3.8) is 0 Å². The third-order valence-electron chi connectivity index (χ3n) is 26.6. The highest BCUT2D eigenvalue weighted by Gasteiger charge is 2.35. The van der Waals surface area contributed by atoms with Crippen molar-refractivity contribution < 1.29 is 43.9 Å². The van der Waals surface area contributed by atoms with E-state index in [2.05, 4.69) is 94.1 Å². The lowest BCUT2D eigenvalue weighted by atomic mass is 9.83. The molecule has 0 spiro atoms. The summed E-state index contributed by atoms with van der Waals surface area (Å²) < 4.78 is 134. The van der Waals surface area contributed by atoms with Crippen molar-refractivity contribution in [2.24, 2.45) is 58.8 Å². The molecular weight excluding hydrogens is 1870 g/mol. The maximum absolute atomic E-state index is 12.3. The van der Waals surface area contributed by atoms with Gasteiger partial charge in [-0.3, -0.25) is 32.7 Å². The molecule has 24 nitrogen and oxygen atoms in total. The fraction of sp³-hybridized carbons (Fsp3) is 0.727. The van der Waals surface area contributed by atoms with Gasteiger partial charge in [0.25, 0.3) is 6.43 Å². The minimum atomic E-state index is -4.41. The van der Waals surface area contributed by atoms with Crippen LogP contribution in [0.5, 0.6) is 0 Å². The second-order valence-electron chi connectivity index (χ2n) is 36.6. The number of nitrogens with two attached hydrogens (primary N) is 8. The summed E-state index contributed by atoms with van der Waals surface area (Å²) in [5.41, 5.74) is 55.8. The molecular formula is C88H146Cl8F10N24. The normalized spacial score (nSPS) is 26.4. The van der Waals surface area contributed by atoms with Crippen LogP contribution in [0.1, 0.15) is 343 Å². The average molecular weight is 2010 g/mol. The quantitative estimate of drug-likeness (QED) is 0.0417. The molecule has 10 aliphatic carbocycles. The fourth-order valence-corrected chi connectivity index (χ4v) is 18.4. The fourth-order valence-electron chi connectivity index (χ4n) is 18.4. The number of nitrogens with zero attached hydrogens (tertiary/aromatic N) is 16. The minimum Gasteiger partial charge on any atom is -0.328 e. The standard InChI is InChI=1S/C13H21N3.C12H19N3.C11H16F3N3.C11H17F2N3.C11H19N3.C10H14F3N3.C10H15F2N3.C10H17N3.8ClH/c14-13-5-3-11(4-6-13)12-7-15-16(9-12)8-10-1-2-10;13-11-3-1-9(2-4-11)10-7-14-15(8-10)12-5-6-12;12-11(13,14)7-17-6-9(5-16-17)8-1-3-10(15)4-2-8;12-11(13)7-16-6-9(5-15-16)8-1-3-10(14)4-2-8;1-2-14-8-10(7-13-14)9-3-5-11(12)6-4-9;11-10(12,13)16-6-8(5-15-16)7-1-3-9(14)4-2-7;11-10(12)15-5-9(14-6-15)7-1-3-8(13)4-2-7;1-13-7-9(6-12-13)8-2-4-10(11)5-3-8;;;;;;;;/h7,9-11,13H,1-6,8,14H2;7-9,11-12H,1-6,13H2;5-6,8,10H,1-4,7,15H2;5-6,8,10-11H,1-4,7,14H2;7-9,11H,2-6,12H2,1H3;5-7,9H,1-4,14H2;5-8,10H,1-4,13H2;6-8,10H,2-5,11H2,1H3;8*1H. The zero-order valence-electron chi connectivity index (χ0n) is 74.9. The van der Waals surface area contributed by atoms with E-state index >= 15 is 0 Å². The van der Waals surface area contributed by atoms with Gasteiger partial charge in [0.1, 0.15) is 13.1 Å². The van der Waals surface area contributed by atoms with E-state index in [0.717, 1.165) is 160 Å². The van der Waals surface area contributed by atoms with Crippen LogP contribution >= 0.6 is 99.3 Å². The van der Waals surface area contributed by atoms with Crippen LogP contribution in [0.25, 0.3) is 0 Å². The first kappa shape index (κ1) is 119. The summed E-state index contributed by atoms with van der Waals surface area (Å²) >= 11 is 0. The van der Waals surface area contributed by atoms with Crippen LogP contribution in [0.15, 0.2) is 99.3 Å². The summed E-state index contributed by atoms with van der Waals surface area (Å²) in [7, 11) is 1.97. The summed E-state index contributed by atoms with van der Waals surface area (Å²) in [6.45, 7) is 0.398. The highest BCUT2D eigenvalue weighted by atomic mass is 35.5. The van der Waals surface area contributed by atoms with Gasteiger partial charge in [-0.2, -0.15) is 62.3 Å². The van der Waals surface area contributed by atoms with Crippen LogP contribution in [-0.2, 0) is 39.5 Å². The first-order valence-electron chi connectivity index (χ1n) is 45.4. The summed E-state index contributed by atoms with van der Waals surface area (Å²) in [4.78, 5) is 4.03. The number of hydrogen-bond donors (Lipinski definition) is 8. The molecule has 0 atom stereocenters. The number of hydrogen-bond acceptors (Lipinski definition) is 16. The lowest BCUT2D eigenvalue weighted by molar-refractivity contribution is -0.212. The van der Waals surface area contributed by atoms with Gasteiger partial charge in [-0.05, 0) is 324 Å². The van der Waals surface area contributed by atoms with Crippen LogP contribution in [0.4, 0.5) is 43.9 Å². The predicted molar refractivity (Wildman–Crippen MR) is 512 cm³/mol. The Bertz CT molecular complexity index is 4120. The molecule has 744 valence electrons. The Morgan fingerprint density at radius 1 is 0.331 bits per heavy atom. The molecule has 0 bridgehead atoms. The van der Waals surface area contributed by atoms with E-state index in [-0.39, 0.29) is 135 Å². The van der Waals surface area contributed by atoms with Gasteiger partial charge < -0.3 is 45.9 Å². The molecule has 0 radical (unpaired) electrons. The third kappa shape index (κ3) is 40.0. The molecule has 130 heavy (non-hydrogen) atoms. The van der Waals surface area contributed by atoms with Crippen molar-refractivity contribution in [2.75, 3.05) is 0 Å². The highest BCUT2D eigenvalue weighted by molar-refractivity contribution is 5.86. The molecule has 10 fully saturated rings. The van der Waals surface area contributed by atoms with Crippen molar-refractivity contribution in [3.8, 4) is 0 Å². The first-order valence-corrected chi connectivity index (χ1v) is 45.4. The number of rotatable bonds is 16. The Balaban J connectivity index is 0.000000380. The Morgan fingerprint density at radius 3 is 0.938 bits per heavy atom. The molecule has 18 rings (SSSR count). The maximum atomic E-state index is 12.3. The Morgan fingerprint density at radius 2 is 0.631 bits per heavy atom. The molecule has 0 saturated heterocycles. The van der Waals surface area contributed by atoms with Crippen molar-refractivity contribution in [3.05, 3.63) is 144 Å². The molecule has 0 unspecified atom stereocenters. The summed E-state index contributed by atoms with van der Waals surface area (Å²) in [5.74, 6) is 5.00. The van der Waals surface area contributed by atoms with Gasteiger partial charge in [-0.15, -0.1) is 112 Å². The van der Waals surface area contributed by atoms with Crippen LogP contribution < -0.4 is 45.9 Å². The molecule has 8 aromatic rings. The van der Waals surface area contributed by atoms with Gasteiger partial charge in [0.2, 0.25) is 0 Å². The Hall–Kier alpha value is -5.02. The summed E-state index contributed by atoms with van der Waals surface area (Å²) in [6, 6.07) is 3.51. The van der Waals surface area contributed by atoms with Gasteiger partial charge >= 0.3 is 19.0 Å². The lowest BCUT2D eigenvalue weighted by Crippen LogP contribution is -2.25. The molecule has 10 aliphatic rings. The SMILES string of the molecule is CCn1cc(C2CCC(N)CC2)cn1.Cl.Cl.Cl.Cl.Cl.Cl.Cl.Cl.Cn1cc(C2CCC(N)CC2)cn1.NC1CCC(c2cn(C(F)F)cn2)CC1.NC1CCC(c2cnn(C(F)(F)F)c2)CC1.NC1CCC(c2cnn(C3CC3)c2)CC1.NC1CCC(c2cnn(CC(F)(F)F)c2)CC1.NC1CCC(c2cnn(CC(F)F)c2)CC1.NC1CCC(c2cnn(CC3CC3)c2)CC1. The monoisotopic (exact) mass is 2010 g/mol. The van der Waals surface area contributed by atoms with E-state index in [1.54, 1.807) is 18.6 Å². The molecule has 0 aliphatic heterocycles. The highest BCUT2D eigenvalue weighted by Crippen LogP contribution is 2.41. The second kappa shape index (κ2) is 58.5. The smallest absolute Gasteiger partial charge is 0.328 e. The summed E-state index contributed by atoms with van der Waals surface area (Å²) in [6.07, 6.45) is 57.5. The zero-order chi connectivity index (χ0) is 87.0. The van der Waals surface area contributed by atoms with Gasteiger partial charge in [0.15, 0.2) is 0 Å². The minimum absolute atomic E-state index is 0. The molecule has 8 heterocycles. The lowest BCUT2D eigenvalue weighted by Gasteiger charge is -2.25. The van der Waals surface area contributed by atoms with Crippen LogP contribution in [0.2, 0.25) is 0 Å². The van der Waals surface area contributed by atoms with E-state index in [1.807, 2.05) is 28.8 Å².